The van der Waals surface area contributed by atoms with Gasteiger partial charge in [0.05, 0.1) is 11.9 Å². The number of carbonyl (C=O) groups is 3. The summed E-state index contributed by atoms with van der Waals surface area (Å²) in [5, 5.41) is 2.33. The third kappa shape index (κ3) is 3.23. The van der Waals surface area contributed by atoms with Crippen molar-refractivity contribution in [1.82, 2.24) is 10.2 Å². The van der Waals surface area contributed by atoms with Crippen LogP contribution in [0.15, 0.2) is 30.3 Å². The van der Waals surface area contributed by atoms with E-state index in [0.29, 0.717) is 5.75 Å². The van der Waals surface area contributed by atoms with Gasteiger partial charge < -0.3 is 19.7 Å². The molecule has 2 aliphatic rings. The van der Waals surface area contributed by atoms with E-state index in [1.54, 1.807) is 24.3 Å². The number of methoxy groups -OCH3 is 1. The number of benzene rings is 1. The summed E-state index contributed by atoms with van der Waals surface area (Å²) in [6, 6.07) is 7.46. The Kier molecular flexibility index (Phi) is 5.34. The van der Waals surface area contributed by atoms with E-state index in [2.05, 4.69) is 5.32 Å². The maximum Gasteiger partial charge on any atom is 0.330 e. The zero-order valence-corrected chi connectivity index (χ0v) is 15.9. The van der Waals surface area contributed by atoms with Crippen molar-refractivity contribution in [2.45, 2.75) is 29.1 Å². The van der Waals surface area contributed by atoms with Gasteiger partial charge in [-0.3, -0.25) is 9.59 Å². The van der Waals surface area contributed by atoms with Crippen LogP contribution >= 0.6 is 23.4 Å². The molecule has 3 rings (SSSR count). The minimum Gasteiger partial charge on any atom is -0.484 e. The third-order valence-corrected chi connectivity index (χ3v) is 6.81. The molecule has 2 saturated heterocycles. The number of amides is 2. The lowest BCUT2D eigenvalue weighted by atomic mass is 9.96. The number of hydrogen-bond donors (Lipinski definition) is 1. The second kappa shape index (κ2) is 7.36. The van der Waals surface area contributed by atoms with Gasteiger partial charge in [0, 0.05) is 5.88 Å². The first-order chi connectivity index (χ1) is 12.4. The van der Waals surface area contributed by atoms with Crippen molar-refractivity contribution >= 4 is 41.1 Å². The fourth-order valence-corrected chi connectivity index (χ4v) is 5.06. The van der Waals surface area contributed by atoms with E-state index in [0.717, 1.165) is 0 Å². The second-order valence-corrected chi connectivity index (χ2v) is 8.19. The molecule has 2 amide bonds. The molecule has 4 atom stereocenters. The van der Waals surface area contributed by atoms with E-state index in [9.17, 15) is 14.4 Å². The van der Waals surface area contributed by atoms with E-state index in [1.165, 1.54) is 23.8 Å². The number of nitrogens with one attached hydrogen (secondary N) is 1. The number of ether oxygens (including phenoxy) is 2. The highest BCUT2D eigenvalue weighted by Crippen LogP contribution is 2.51. The number of alkyl halides is 1. The van der Waals surface area contributed by atoms with E-state index in [1.807, 2.05) is 13.0 Å². The number of para-hydroxylation sites is 1. The Hall–Kier alpha value is -1.93. The van der Waals surface area contributed by atoms with Gasteiger partial charge in [0.15, 0.2) is 6.61 Å². The van der Waals surface area contributed by atoms with E-state index in [-0.39, 0.29) is 23.8 Å². The number of halogens is 1. The van der Waals surface area contributed by atoms with Crippen LogP contribution in [0.4, 0.5) is 0 Å². The molecule has 1 N–H and O–H groups in total. The predicted molar refractivity (Wildman–Crippen MR) is 97.0 cm³/mol. The third-order valence-electron chi connectivity index (χ3n) is 4.45. The van der Waals surface area contributed by atoms with Crippen molar-refractivity contribution in [3.8, 4) is 5.75 Å². The van der Waals surface area contributed by atoms with Crippen molar-refractivity contribution in [2.24, 2.45) is 0 Å². The zero-order chi connectivity index (χ0) is 18.9. The molecule has 0 bridgehead atoms. The van der Waals surface area contributed by atoms with Gasteiger partial charge >= 0.3 is 5.97 Å². The summed E-state index contributed by atoms with van der Waals surface area (Å²) in [6.07, 6.45) is 0. The van der Waals surface area contributed by atoms with Gasteiger partial charge in [0.1, 0.15) is 23.2 Å². The second-order valence-electron chi connectivity index (χ2n) is 6.27. The van der Waals surface area contributed by atoms with Gasteiger partial charge in [-0.25, -0.2) is 4.79 Å². The summed E-state index contributed by atoms with van der Waals surface area (Å²) >= 11 is 7.45. The molecular weight excluding hydrogens is 380 g/mol. The first kappa shape index (κ1) is 18.8. The fourth-order valence-electron chi connectivity index (χ4n) is 3.11. The van der Waals surface area contributed by atoms with Crippen molar-refractivity contribution < 1.29 is 23.9 Å². The molecule has 2 fully saturated rings. The van der Waals surface area contributed by atoms with Crippen LogP contribution < -0.4 is 10.1 Å². The van der Waals surface area contributed by atoms with Gasteiger partial charge in [-0.2, -0.15) is 0 Å². The molecule has 0 spiro atoms. The van der Waals surface area contributed by atoms with Crippen LogP contribution in [-0.2, 0) is 19.1 Å². The van der Waals surface area contributed by atoms with Crippen LogP contribution in [0.3, 0.4) is 0 Å². The maximum absolute atomic E-state index is 12.5. The van der Waals surface area contributed by atoms with Crippen LogP contribution in [-0.4, -0.2) is 64.5 Å². The summed E-state index contributed by atoms with van der Waals surface area (Å²) in [7, 11) is 1.28. The van der Waals surface area contributed by atoms with Crippen LogP contribution in [0.1, 0.15) is 6.92 Å². The Morgan fingerprint density at radius 3 is 2.65 bits per heavy atom. The van der Waals surface area contributed by atoms with Crippen LogP contribution in [0.25, 0.3) is 0 Å². The monoisotopic (exact) mass is 398 g/mol. The van der Waals surface area contributed by atoms with Crippen LogP contribution in [0.5, 0.6) is 5.75 Å². The van der Waals surface area contributed by atoms with E-state index < -0.39 is 28.7 Å². The number of carbonyl (C=O) groups excluding carboxylic acids is 3. The van der Waals surface area contributed by atoms with Gasteiger partial charge in [0.25, 0.3) is 5.91 Å². The average molecular weight is 399 g/mol. The Balaban J connectivity index is 1.62. The lowest BCUT2D eigenvalue weighted by Crippen LogP contribution is -2.71. The molecule has 7 nitrogen and oxygen atoms in total. The number of nitrogens with zero attached hydrogens (tertiary/aromatic N) is 1. The lowest BCUT2D eigenvalue weighted by Gasteiger charge is -2.43. The van der Waals surface area contributed by atoms with Crippen LogP contribution in [0, 0.1) is 0 Å². The lowest BCUT2D eigenvalue weighted by molar-refractivity contribution is -0.162. The molecule has 2 heterocycles. The molecular formula is C17H19ClN2O5S. The Morgan fingerprint density at radius 2 is 2.04 bits per heavy atom. The number of rotatable bonds is 6. The molecule has 0 radical (unpaired) electrons. The molecule has 0 aromatic heterocycles. The highest BCUT2D eigenvalue weighted by Gasteiger charge is 2.65. The minimum absolute atomic E-state index is 0.176. The standard InChI is InChI=1S/C17H19ClN2O5S/c1-17(9-18)13(16(23)24-2)20-14(22)12(15(20)26-17)19-11(21)8-25-10-6-4-3-5-7-10/h3-7,12-13,15H,8-9H2,1-2H3,(H,19,21). The molecule has 0 saturated carbocycles. The smallest absolute Gasteiger partial charge is 0.330 e. The molecule has 1 aromatic rings. The molecule has 9 heteroatoms. The number of thioether (sulfide) groups is 1. The molecule has 140 valence electrons. The highest BCUT2D eigenvalue weighted by molar-refractivity contribution is 8.01. The number of β-lactam (4-membered cyclic amide) rings is 1. The normalized spacial score (nSPS) is 29.6. The number of esters is 1. The Labute approximate surface area is 160 Å². The van der Waals surface area contributed by atoms with Gasteiger partial charge in [-0.15, -0.1) is 23.4 Å². The first-order valence-electron chi connectivity index (χ1n) is 8.02. The van der Waals surface area contributed by atoms with Gasteiger partial charge in [0.2, 0.25) is 5.91 Å². The highest BCUT2D eigenvalue weighted by atomic mass is 35.5. The van der Waals surface area contributed by atoms with Crippen molar-refractivity contribution in [3.63, 3.8) is 0 Å². The molecule has 1 aromatic carbocycles. The predicted octanol–water partition coefficient (Wildman–Crippen LogP) is 1.00. The fraction of sp³-hybridized carbons (Fsp3) is 0.471. The topological polar surface area (TPSA) is 84.9 Å². The molecule has 2 aliphatic heterocycles. The number of hydrogen-bond acceptors (Lipinski definition) is 6. The van der Waals surface area contributed by atoms with Crippen molar-refractivity contribution in [3.05, 3.63) is 30.3 Å². The average Bonchev–Trinajstić information content (AvgIpc) is 2.95. The number of fused-ring (bicyclic) bond motifs is 1. The Bertz CT molecular complexity index is 718. The van der Waals surface area contributed by atoms with Crippen molar-refractivity contribution in [1.29, 1.82) is 0 Å². The summed E-state index contributed by atoms with van der Waals surface area (Å²) in [4.78, 5) is 38.2. The maximum atomic E-state index is 12.5. The minimum atomic E-state index is -0.763. The summed E-state index contributed by atoms with van der Waals surface area (Å²) < 4.78 is 9.54. The Morgan fingerprint density at radius 1 is 1.35 bits per heavy atom. The van der Waals surface area contributed by atoms with Gasteiger partial charge in [-0.1, -0.05) is 18.2 Å². The summed E-state index contributed by atoms with van der Waals surface area (Å²) in [6.45, 7) is 1.62. The largest absolute Gasteiger partial charge is 0.484 e. The quantitative estimate of drug-likeness (QED) is 0.437. The zero-order valence-electron chi connectivity index (χ0n) is 14.3. The summed E-state index contributed by atoms with van der Waals surface area (Å²) in [5.74, 6) is -0.481. The molecule has 4 unspecified atom stereocenters. The molecule has 0 aliphatic carbocycles. The first-order valence-corrected chi connectivity index (χ1v) is 9.43. The van der Waals surface area contributed by atoms with Gasteiger partial charge in [-0.05, 0) is 19.1 Å². The van der Waals surface area contributed by atoms with E-state index in [4.69, 9.17) is 21.1 Å². The van der Waals surface area contributed by atoms with E-state index >= 15 is 0 Å². The molecule has 26 heavy (non-hydrogen) atoms. The van der Waals surface area contributed by atoms with Crippen LogP contribution in [0.2, 0.25) is 0 Å². The SMILES string of the molecule is COC(=O)C1N2C(=O)C(NC(=O)COc3ccccc3)C2SC1(C)CCl. The summed E-state index contributed by atoms with van der Waals surface area (Å²) in [5.41, 5.74) is 0. The van der Waals surface area contributed by atoms with Crippen molar-refractivity contribution in [2.75, 3.05) is 19.6 Å².